The third kappa shape index (κ3) is 6.82. The molecule has 0 bridgehead atoms. The number of carbonyl (C=O) groups is 2. The van der Waals surface area contributed by atoms with Crippen LogP contribution in [0.4, 0.5) is 5.95 Å². The van der Waals surface area contributed by atoms with Crippen molar-refractivity contribution in [2.45, 2.75) is 32.6 Å². The molecule has 2 rings (SSSR count). The van der Waals surface area contributed by atoms with Crippen molar-refractivity contribution in [1.82, 2.24) is 20.5 Å². The minimum absolute atomic E-state index is 0.0972. The maximum Gasteiger partial charge on any atom is 0.243 e. The summed E-state index contributed by atoms with van der Waals surface area (Å²) in [5, 5.41) is 9.97. The van der Waals surface area contributed by atoms with Crippen LogP contribution < -0.4 is 20.3 Å². The van der Waals surface area contributed by atoms with Crippen molar-refractivity contribution in [1.29, 1.82) is 0 Å². The molecule has 0 aliphatic rings. The van der Waals surface area contributed by atoms with Crippen LogP contribution in [-0.2, 0) is 9.59 Å². The van der Waals surface area contributed by atoms with Crippen LogP contribution >= 0.6 is 0 Å². The summed E-state index contributed by atoms with van der Waals surface area (Å²) in [4.78, 5) is 31.9. The summed E-state index contributed by atoms with van der Waals surface area (Å²) < 4.78 is 10.8. The Labute approximate surface area is 181 Å². The van der Waals surface area contributed by atoms with Crippen LogP contribution in [0.1, 0.15) is 32.6 Å². The van der Waals surface area contributed by atoms with Gasteiger partial charge in [-0.2, -0.15) is 0 Å². The number of methoxy groups -OCH3 is 2. The van der Waals surface area contributed by atoms with E-state index in [9.17, 15) is 14.8 Å². The van der Waals surface area contributed by atoms with E-state index >= 15 is 0 Å². The molecule has 0 saturated heterocycles. The summed E-state index contributed by atoms with van der Waals surface area (Å²) in [6.45, 7) is 1.96. The minimum Gasteiger partial charge on any atom is -0.496 e. The fourth-order valence-corrected chi connectivity index (χ4v) is 3.10. The van der Waals surface area contributed by atoms with E-state index in [4.69, 9.17) is 9.47 Å². The first-order valence-corrected chi connectivity index (χ1v) is 10.0. The van der Waals surface area contributed by atoms with E-state index < -0.39 is 5.92 Å². The number of hydroxylamine groups is 2. The zero-order chi connectivity index (χ0) is 22.6. The van der Waals surface area contributed by atoms with Gasteiger partial charge in [-0.05, 0) is 24.6 Å². The van der Waals surface area contributed by atoms with Gasteiger partial charge in [0.25, 0.3) is 0 Å². The topological polar surface area (TPSA) is 126 Å². The molecule has 1 atom stereocenters. The fraction of sp³-hybridized carbons (Fsp3) is 0.429. The summed E-state index contributed by atoms with van der Waals surface area (Å²) >= 11 is 0. The van der Waals surface area contributed by atoms with Gasteiger partial charge in [-0.25, -0.2) is 15.0 Å². The summed E-state index contributed by atoms with van der Waals surface area (Å²) in [5.41, 5.74) is 6.46. The number of rotatable bonds is 13. The van der Waals surface area contributed by atoms with Crippen LogP contribution in [-0.4, -0.2) is 53.3 Å². The molecule has 3 N–H and O–H groups in total. The summed E-state index contributed by atoms with van der Waals surface area (Å²) in [7, 11) is 3.11. The van der Waals surface area contributed by atoms with Crippen molar-refractivity contribution in [3.63, 3.8) is 0 Å². The van der Waals surface area contributed by atoms with E-state index in [-0.39, 0.29) is 24.8 Å². The Bertz CT molecular complexity index is 842. The highest BCUT2D eigenvalue weighted by Gasteiger charge is 2.21. The summed E-state index contributed by atoms with van der Waals surface area (Å²) in [5.74, 6) is 0.386. The number of unbranched alkanes of at least 4 members (excludes halogenated alkanes) is 2. The number of ether oxygens (including phenoxy) is 2. The molecule has 10 heteroatoms. The predicted molar refractivity (Wildman–Crippen MR) is 115 cm³/mol. The van der Waals surface area contributed by atoms with Crippen LogP contribution in [0.3, 0.4) is 0 Å². The Morgan fingerprint density at radius 3 is 2.55 bits per heavy atom. The summed E-state index contributed by atoms with van der Waals surface area (Å²) in [6, 6.07) is 7.10. The number of hydrogen-bond acceptors (Lipinski definition) is 8. The van der Waals surface area contributed by atoms with Gasteiger partial charge in [0.15, 0.2) is 0 Å². The standard InChI is InChI=1S/C21H29N5O5/c1-4-5-6-8-15(13-26(29)14-27)20(28)24-25-21-22-12-11-16(23-21)19-17(30-2)9-7-10-18(19)31-3/h7,9-12,14-15,29H,4-6,8,13H2,1-3H3,(H,24,28)(H,22,23,25)/t15-/m0/s1. The van der Waals surface area contributed by atoms with Crippen LogP contribution in [0.15, 0.2) is 30.5 Å². The van der Waals surface area contributed by atoms with Gasteiger partial charge in [-0.3, -0.25) is 25.6 Å². The predicted octanol–water partition coefficient (Wildman–Crippen LogP) is 2.65. The highest BCUT2D eigenvalue weighted by molar-refractivity contribution is 5.80. The van der Waals surface area contributed by atoms with Crippen molar-refractivity contribution in [2.75, 3.05) is 26.2 Å². The van der Waals surface area contributed by atoms with Gasteiger partial charge in [0.1, 0.15) is 11.5 Å². The fourth-order valence-electron chi connectivity index (χ4n) is 3.10. The lowest BCUT2D eigenvalue weighted by molar-refractivity contribution is -0.154. The second-order valence-corrected chi connectivity index (χ2v) is 6.84. The number of hydrogen-bond donors (Lipinski definition) is 3. The number of nitrogens with one attached hydrogen (secondary N) is 2. The Morgan fingerprint density at radius 2 is 1.94 bits per heavy atom. The average molecular weight is 431 g/mol. The first kappa shape index (κ1) is 23.9. The van der Waals surface area contributed by atoms with E-state index in [0.717, 1.165) is 19.3 Å². The molecule has 0 aliphatic heterocycles. The number of aromatic nitrogens is 2. The van der Waals surface area contributed by atoms with Crippen LogP contribution in [0.2, 0.25) is 0 Å². The number of amides is 2. The van der Waals surface area contributed by atoms with Crippen molar-refractivity contribution in [3.05, 3.63) is 30.5 Å². The molecular weight excluding hydrogens is 402 g/mol. The lowest BCUT2D eigenvalue weighted by atomic mass is 10.0. The van der Waals surface area contributed by atoms with Gasteiger partial charge in [0, 0.05) is 6.20 Å². The molecule has 10 nitrogen and oxygen atoms in total. The molecule has 2 amide bonds. The van der Waals surface area contributed by atoms with Crippen molar-refractivity contribution in [3.8, 4) is 22.8 Å². The molecule has 1 aromatic carbocycles. The quantitative estimate of drug-likeness (QED) is 0.191. The molecule has 0 aliphatic carbocycles. The zero-order valence-electron chi connectivity index (χ0n) is 18.0. The lowest BCUT2D eigenvalue weighted by Crippen LogP contribution is -2.40. The third-order valence-electron chi connectivity index (χ3n) is 4.69. The number of benzene rings is 1. The minimum atomic E-state index is -0.577. The highest BCUT2D eigenvalue weighted by Crippen LogP contribution is 2.37. The first-order chi connectivity index (χ1) is 15.0. The monoisotopic (exact) mass is 431 g/mol. The van der Waals surface area contributed by atoms with Crippen LogP contribution in [0.5, 0.6) is 11.5 Å². The van der Waals surface area contributed by atoms with Gasteiger partial charge >= 0.3 is 0 Å². The summed E-state index contributed by atoms with van der Waals surface area (Å²) in [6.07, 6.45) is 5.11. The molecule has 2 aromatic rings. The molecule has 168 valence electrons. The van der Waals surface area contributed by atoms with Gasteiger partial charge in [0.2, 0.25) is 18.3 Å². The number of nitrogens with zero attached hydrogens (tertiary/aromatic N) is 3. The normalized spacial score (nSPS) is 11.4. The third-order valence-corrected chi connectivity index (χ3v) is 4.69. The van der Waals surface area contributed by atoms with Gasteiger partial charge in [-0.1, -0.05) is 32.3 Å². The molecule has 0 spiro atoms. The maximum absolute atomic E-state index is 12.6. The van der Waals surface area contributed by atoms with Gasteiger partial charge in [0.05, 0.1) is 37.9 Å². The van der Waals surface area contributed by atoms with E-state index in [0.29, 0.717) is 34.2 Å². The van der Waals surface area contributed by atoms with E-state index in [1.807, 2.05) is 6.07 Å². The zero-order valence-corrected chi connectivity index (χ0v) is 18.0. The molecular formula is C21H29N5O5. The Morgan fingerprint density at radius 1 is 1.23 bits per heavy atom. The Balaban J connectivity index is 2.13. The largest absolute Gasteiger partial charge is 0.496 e. The number of hydrazine groups is 1. The molecule has 0 saturated carbocycles. The van der Waals surface area contributed by atoms with E-state index in [1.54, 1.807) is 38.6 Å². The molecule has 1 aromatic heterocycles. The number of carbonyl (C=O) groups excluding carboxylic acids is 2. The van der Waals surface area contributed by atoms with Crippen molar-refractivity contribution >= 4 is 18.3 Å². The second-order valence-electron chi connectivity index (χ2n) is 6.84. The highest BCUT2D eigenvalue weighted by atomic mass is 16.5. The van der Waals surface area contributed by atoms with E-state index in [2.05, 4.69) is 27.7 Å². The van der Waals surface area contributed by atoms with Gasteiger partial charge in [-0.15, -0.1) is 0 Å². The molecule has 31 heavy (non-hydrogen) atoms. The van der Waals surface area contributed by atoms with Gasteiger partial charge < -0.3 is 9.47 Å². The molecule has 0 radical (unpaired) electrons. The van der Waals surface area contributed by atoms with Crippen molar-refractivity contribution < 1.29 is 24.3 Å². The Kier molecular flexibility index (Phi) is 9.50. The van der Waals surface area contributed by atoms with Crippen molar-refractivity contribution in [2.24, 2.45) is 5.92 Å². The van der Waals surface area contributed by atoms with Crippen LogP contribution in [0.25, 0.3) is 11.3 Å². The Hall–Kier alpha value is -3.40. The number of anilines is 1. The molecule has 1 heterocycles. The average Bonchev–Trinajstić information content (AvgIpc) is 2.81. The maximum atomic E-state index is 12.6. The van der Waals surface area contributed by atoms with E-state index in [1.165, 1.54) is 0 Å². The molecule has 0 fully saturated rings. The first-order valence-electron chi connectivity index (χ1n) is 10.0. The van der Waals surface area contributed by atoms with Crippen LogP contribution in [0, 0.1) is 5.92 Å². The smallest absolute Gasteiger partial charge is 0.243 e. The lowest BCUT2D eigenvalue weighted by Gasteiger charge is -2.19. The second kappa shape index (κ2) is 12.3. The molecule has 0 unspecified atom stereocenters. The SMILES string of the molecule is CCCCC[C@@H](CN(O)C=O)C(=O)NNc1nccc(-c2c(OC)cccc2OC)n1.